The molecule has 1 nitrogen and oxygen atoms in total. The predicted molar refractivity (Wildman–Crippen MR) is 61.1 cm³/mol. The lowest BCUT2D eigenvalue weighted by Gasteiger charge is -2.28. The normalized spacial score (nSPS) is 14.1. The Morgan fingerprint density at radius 2 is 1.69 bits per heavy atom. The maximum absolute atomic E-state index is 2.53. The van der Waals surface area contributed by atoms with Gasteiger partial charge in [-0.1, -0.05) is 34.1 Å². The first kappa shape index (κ1) is 13.0. The molecule has 0 fully saturated rings. The van der Waals surface area contributed by atoms with E-state index in [1.165, 1.54) is 32.2 Å². The molecule has 0 aliphatic heterocycles. The minimum atomic E-state index is 0.810. The molecule has 0 saturated heterocycles. The Bertz CT molecular complexity index is 110. The molecule has 0 bridgehead atoms. The lowest BCUT2D eigenvalue weighted by atomic mass is 9.99. The van der Waals surface area contributed by atoms with Crippen LogP contribution in [0.15, 0.2) is 0 Å². The Balaban J connectivity index is 3.90. The Morgan fingerprint density at radius 1 is 1.08 bits per heavy atom. The van der Waals surface area contributed by atoms with Gasteiger partial charge in [0.15, 0.2) is 0 Å². The van der Waals surface area contributed by atoms with E-state index in [0.29, 0.717) is 0 Å². The number of rotatable bonds is 7. The Hall–Kier alpha value is -0.0400. The first-order valence-electron chi connectivity index (χ1n) is 5.82. The molecule has 0 aliphatic rings. The molecule has 1 heteroatoms. The van der Waals surface area contributed by atoms with Crippen LogP contribution < -0.4 is 0 Å². The van der Waals surface area contributed by atoms with Crippen LogP contribution in [0.3, 0.4) is 0 Å². The lowest BCUT2D eigenvalue weighted by molar-refractivity contribution is 0.201. The summed E-state index contributed by atoms with van der Waals surface area (Å²) in [5, 5.41) is 0. The van der Waals surface area contributed by atoms with Crippen LogP contribution in [0.25, 0.3) is 0 Å². The summed E-state index contributed by atoms with van der Waals surface area (Å²) in [6.45, 7) is 10.4. The maximum Gasteiger partial charge on any atom is 0.00945 e. The minimum absolute atomic E-state index is 0.810. The molecule has 0 aromatic rings. The average molecular weight is 185 g/mol. The van der Waals surface area contributed by atoms with Gasteiger partial charge in [-0.2, -0.15) is 0 Å². The van der Waals surface area contributed by atoms with Gasteiger partial charge in [0.25, 0.3) is 0 Å². The summed E-state index contributed by atoms with van der Waals surface area (Å²) >= 11 is 0. The van der Waals surface area contributed by atoms with Crippen molar-refractivity contribution < 1.29 is 0 Å². The molecule has 0 aromatic carbocycles. The van der Waals surface area contributed by atoms with Crippen molar-refractivity contribution in [3.8, 4) is 0 Å². The summed E-state index contributed by atoms with van der Waals surface area (Å²) in [6.07, 6.45) is 5.29. The van der Waals surface area contributed by atoms with Crippen molar-refractivity contribution in [1.82, 2.24) is 4.90 Å². The molecule has 0 aromatic heterocycles. The van der Waals surface area contributed by atoms with Crippen molar-refractivity contribution in [3.05, 3.63) is 0 Å². The van der Waals surface area contributed by atoms with Crippen molar-refractivity contribution in [2.24, 2.45) is 5.92 Å². The third kappa shape index (κ3) is 6.09. The minimum Gasteiger partial charge on any atom is -0.303 e. The van der Waals surface area contributed by atoms with Crippen LogP contribution in [0.4, 0.5) is 0 Å². The fraction of sp³-hybridized carbons (Fsp3) is 1.00. The van der Waals surface area contributed by atoms with Gasteiger partial charge in [-0.15, -0.1) is 0 Å². The molecule has 13 heavy (non-hydrogen) atoms. The summed E-state index contributed by atoms with van der Waals surface area (Å²) < 4.78 is 0. The standard InChI is InChI=1S/C12H27N/c1-6-8-12(10-11(3)4)13(5)9-7-2/h11-12H,6-10H2,1-5H3. The van der Waals surface area contributed by atoms with Crippen LogP contribution in [0, 0.1) is 5.92 Å². The first-order valence-corrected chi connectivity index (χ1v) is 5.82. The highest BCUT2D eigenvalue weighted by Gasteiger charge is 2.13. The van der Waals surface area contributed by atoms with Gasteiger partial charge in [-0.05, 0) is 38.8 Å². The van der Waals surface area contributed by atoms with Gasteiger partial charge >= 0.3 is 0 Å². The molecule has 0 spiro atoms. The fourth-order valence-corrected chi connectivity index (χ4v) is 1.93. The highest BCUT2D eigenvalue weighted by atomic mass is 15.1. The predicted octanol–water partition coefficient (Wildman–Crippen LogP) is 3.54. The molecule has 0 heterocycles. The number of hydrogen-bond donors (Lipinski definition) is 0. The third-order valence-corrected chi connectivity index (χ3v) is 2.57. The molecule has 0 saturated carbocycles. The Labute approximate surface area is 84.5 Å². The highest BCUT2D eigenvalue weighted by Crippen LogP contribution is 2.15. The van der Waals surface area contributed by atoms with E-state index in [9.17, 15) is 0 Å². The van der Waals surface area contributed by atoms with Crippen LogP contribution in [-0.2, 0) is 0 Å². The van der Waals surface area contributed by atoms with Crippen molar-refractivity contribution in [1.29, 1.82) is 0 Å². The number of hydrogen-bond acceptors (Lipinski definition) is 1. The zero-order valence-corrected chi connectivity index (χ0v) is 10.1. The second kappa shape index (κ2) is 7.37. The topological polar surface area (TPSA) is 3.24 Å². The largest absolute Gasteiger partial charge is 0.303 e. The monoisotopic (exact) mass is 185 g/mol. The molecular weight excluding hydrogens is 158 g/mol. The van der Waals surface area contributed by atoms with Crippen molar-refractivity contribution >= 4 is 0 Å². The van der Waals surface area contributed by atoms with E-state index in [0.717, 1.165) is 12.0 Å². The average Bonchev–Trinajstić information content (AvgIpc) is 2.03. The van der Waals surface area contributed by atoms with E-state index < -0.39 is 0 Å². The zero-order valence-electron chi connectivity index (χ0n) is 10.1. The second-order valence-electron chi connectivity index (χ2n) is 4.55. The van der Waals surface area contributed by atoms with E-state index in [1.54, 1.807) is 0 Å². The number of nitrogens with zero attached hydrogens (tertiary/aromatic N) is 1. The quantitative estimate of drug-likeness (QED) is 0.586. The molecule has 1 unspecified atom stereocenters. The van der Waals surface area contributed by atoms with Gasteiger partial charge in [0.1, 0.15) is 0 Å². The summed E-state index contributed by atoms with van der Waals surface area (Å²) in [5.74, 6) is 0.829. The second-order valence-corrected chi connectivity index (χ2v) is 4.55. The van der Waals surface area contributed by atoms with Crippen molar-refractivity contribution in [3.63, 3.8) is 0 Å². The van der Waals surface area contributed by atoms with Crippen LogP contribution in [0.2, 0.25) is 0 Å². The lowest BCUT2D eigenvalue weighted by Crippen LogP contribution is -2.33. The van der Waals surface area contributed by atoms with E-state index in [4.69, 9.17) is 0 Å². The van der Waals surface area contributed by atoms with Crippen molar-refractivity contribution in [2.75, 3.05) is 13.6 Å². The first-order chi connectivity index (χ1) is 6.11. The van der Waals surface area contributed by atoms with Gasteiger partial charge in [-0.3, -0.25) is 0 Å². The molecule has 1 atom stereocenters. The molecule has 0 N–H and O–H groups in total. The molecule has 0 rings (SSSR count). The summed E-state index contributed by atoms with van der Waals surface area (Å²) in [7, 11) is 2.27. The molecule has 0 aliphatic carbocycles. The smallest absolute Gasteiger partial charge is 0.00945 e. The van der Waals surface area contributed by atoms with E-state index >= 15 is 0 Å². The fourth-order valence-electron chi connectivity index (χ4n) is 1.93. The zero-order chi connectivity index (χ0) is 10.3. The van der Waals surface area contributed by atoms with Crippen LogP contribution >= 0.6 is 0 Å². The molecule has 80 valence electrons. The van der Waals surface area contributed by atoms with E-state index in [1.807, 2.05) is 0 Å². The van der Waals surface area contributed by atoms with Crippen LogP contribution in [0.1, 0.15) is 53.4 Å². The summed E-state index contributed by atoms with van der Waals surface area (Å²) in [6, 6.07) is 0.810. The van der Waals surface area contributed by atoms with Crippen LogP contribution in [0.5, 0.6) is 0 Å². The highest BCUT2D eigenvalue weighted by molar-refractivity contribution is 4.69. The Kier molecular flexibility index (Phi) is 7.35. The molecular formula is C12H27N. The SMILES string of the molecule is CCCC(CC(C)C)N(C)CCC. The van der Waals surface area contributed by atoms with Gasteiger partial charge in [0.2, 0.25) is 0 Å². The van der Waals surface area contributed by atoms with Crippen molar-refractivity contribution in [2.45, 2.75) is 59.4 Å². The van der Waals surface area contributed by atoms with Gasteiger partial charge in [-0.25, -0.2) is 0 Å². The van der Waals surface area contributed by atoms with Gasteiger partial charge in [0.05, 0.1) is 0 Å². The summed E-state index contributed by atoms with van der Waals surface area (Å²) in [5.41, 5.74) is 0. The summed E-state index contributed by atoms with van der Waals surface area (Å²) in [4.78, 5) is 2.53. The molecule has 0 radical (unpaired) electrons. The van der Waals surface area contributed by atoms with E-state index in [-0.39, 0.29) is 0 Å². The van der Waals surface area contributed by atoms with Gasteiger partial charge < -0.3 is 4.90 Å². The van der Waals surface area contributed by atoms with E-state index in [2.05, 4.69) is 39.6 Å². The van der Waals surface area contributed by atoms with Crippen LogP contribution in [-0.4, -0.2) is 24.5 Å². The third-order valence-electron chi connectivity index (χ3n) is 2.57. The maximum atomic E-state index is 2.53. The molecule has 0 amide bonds. The van der Waals surface area contributed by atoms with Gasteiger partial charge in [0, 0.05) is 6.04 Å². The Morgan fingerprint density at radius 3 is 2.08 bits per heavy atom.